The van der Waals surface area contributed by atoms with Crippen LogP contribution in [-0.2, 0) is 0 Å². The molecule has 0 bridgehead atoms. The van der Waals surface area contributed by atoms with Gasteiger partial charge < -0.3 is 10.2 Å². The summed E-state index contributed by atoms with van der Waals surface area (Å²) in [5.74, 6) is 0. The summed E-state index contributed by atoms with van der Waals surface area (Å²) in [6, 6.07) is 8.55. The minimum atomic E-state index is 0.0625. The monoisotopic (exact) mass is 259 g/mol. The first-order valence-electron chi connectivity index (χ1n) is 7.14. The highest BCUT2D eigenvalue weighted by Gasteiger charge is 2.26. The molecule has 3 rings (SSSR count). The van der Waals surface area contributed by atoms with E-state index in [0.29, 0.717) is 6.04 Å². The van der Waals surface area contributed by atoms with E-state index < -0.39 is 0 Å². The molecule has 1 N–H and O–H groups in total. The molecule has 1 heterocycles. The number of carbonyl (C=O) groups excluding carboxylic acids is 1. The van der Waals surface area contributed by atoms with Crippen molar-refractivity contribution in [1.82, 2.24) is 5.32 Å². The van der Waals surface area contributed by atoms with Crippen molar-refractivity contribution in [2.45, 2.75) is 31.7 Å². The van der Waals surface area contributed by atoms with Crippen molar-refractivity contribution in [3.63, 3.8) is 0 Å². The molecule has 0 radical (unpaired) electrons. The maximum absolute atomic E-state index is 12.4. The zero-order valence-electron chi connectivity index (χ0n) is 11.4. The van der Waals surface area contributed by atoms with Crippen LogP contribution in [-0.4, -0.2) is 32.2 Å². The molecule has 1 aliphatic heterocycles. The highest BCUT2D eigenvalue weighted by atomic mass is 16.2. The van der Waals surface area contributed by atoms with Crippen molar-refractivity contribution < 1.29 is 4.79 Å². The van der Waals surface area contributed by atoms with Gasteiger partial charge in [-0.1, -0.05) is 25.0 Å². The number of likely N-dealkylation sites (N-methyl/N-ethyl adjacent to an activating group) is 1. The SMILES string of the molecule is CN1CCN(C(=O)NC2CCCC2)c2ccccc21. The summed E-state index contributed by atoms with van der Waals surface area (Å²) in [5, 5.41) is 3.17. The fourth-order valence-corrected chi connectivity index (χ4v) is 3.04. The molecular weight excluding hydrogens is 238 g/mol. The molecule has 2 aliphatic rings. The second kappa shape index (κ2) is 5.11. The highest BCUT2D eigenvalue weighted by Crippen LogP contribution is 2.32. The molecule has 0 spiro atoms. The quantitative estimate of drug-likeness (QED) is 0.841. The Labute approximate surface area is 114 Å². The molecule has 0 unspecified atom stereocenters. The third-order valence-corrected chi connectivity index (χ3v) is 4.17. The van der Waals surface area contributed by atoms with Crippen molar-refractivity contribution in [3.8, 4) is 0 Å². The number of nitrogens with one attached hydrogen (secondary N) is 1. The lowest BCUT2D eigenvalue weighted by molar-refractivity contribution is 0.242. The van der Waals surface area contributed by atoms with Crippen molar-refractivity contribution in [1.29, 1.82) is 0 Å². The first-order valence-corrected chi connectivity index (χ1v) is 7.14. The number of fused-ring (bicyclic) bond motifs is 1. The number of urea groups is 1. The number of anilines is 2. The maximum Gasteiger partial charge on any atom is 0.322 e. The summed E-state index contributed by atoms with van der Waals surface area (Å²) in [6.07, 6.45) is 4.73. The second-order valence-corrected chi connectivity index (χ2v) is 5.49. The summed E-state index contributed by atoms with van der Waals surface area (Å²) in [7, 11) is 2.07. The van der Waals surface area contributed by atoms with Gasteiger partial charge in [-0.3, -0.25) is 4.90 Å². The van der Waals surface area contributed by atoms with E-state index in [2.05, 4.69) is 23.3 Å². The third kappa shape index (κ3) is 2.39. The van der Waals surface area contributed by atoms with Crippen molar-refractivity contribution in [3.05, 3.63) is 24.3 Å². The number of rotatable bonds is 1. The maximum atomic E-state index is 12.4. The number of para-hydroxylation sites is 2. The number of hydrogen-bond donors (Lipinski definition) is 1. The van der Waals surface area contributed by atoms with Gasteiger partial charge in [-0.2, -0.15) is 0 Å². The van der Waals surface area contributed by atoms with Gasteiger partial charge in [0, 0.05) is 26.2 Å². The predicted octanol–water partition coefficient (Wildman–Crippen LogP) is 2.60. The standard InChI is InChI=1S/C15H21N3O/c1-17-10-11-18(14-9-5-4-8-13(14)17)15(19)16-12-6-2-3-7-12/h4-5,8-9,12H,2-3,6-7,10-11H2,1H3,(H,16,19). The zero-order valence-corrected chi connectivity index (χ0v) is 11.4. The topological polar surface area (TPSA) is 35.6 Å². The van der Waals surface area contributed by atoms with Crippen LogP contribution in [0.3, 0.4) is 0 Å². The van der Waals surface area contributed by atoms with E-state index in [1.165, 1.54) is 12.8 Å². The summed E-state index contributed by atoms with van der Waals surface area (Å²) >= 11 is 0. The molecule has 4 nitrogen and oxygen atoms in total. The Kier molecular flexibility index (Phi) is 3.32. The average molecular weight is 259 g/mol. The minimum Gasteiger partial charge on any atom is -0.371 e. The Hall–Kier alpha value is -1.71. The van der Waals surface area contributed by atoms with Crippen molar-refractivity contribution in [2.75, 3.05) is 29.9 Å². The van der Waals surface area contributed by atoms with Crippen molar-refractivity contribution >= 4 is 17.4 Å². The fraction of sp³-hybridized carbons (Fsp3) is 0.533. The third-order valence-electron chi connectivity index (χ3n) is 4.17. The molecule has 0 saturated heterocycles. The number of amides is 2. The normalized spacial score (nSPS) is 19.4. The van der Waals surface area contributed by atoms with E-state index in [0.717, 1.165) is 37.3 Å². The molecule has 1 aromatic rings. The van der Waals surface area contributed by atoms with Gasteiger partial charge >= 0.3 is 6.03 Å². The lowest BCUT2D eigenvalue weighted by Gasteiger charge is -2.36. The molecule has 0 atom stereocenters. The zero-order chi connectivity index (χ0) is 13.2. The van der Waals surface area contributed by atoms with Crippen LogP contribution >= 0.6 is 0 Å². The molecule has 1 saturated carbocycles. The van der Waals surface area contributed by atoms with Crippen LogP contribution in [0.4, 0.5) is 16.2 Å². The minimum absolute atomic E-state index is 0.0625. The molecule has 1 aliphatic carbocycles. The Balaban J connectivity index is 1.77. The summed E-state index contributed by atoms with van der Waals surface area (Å²) < 4.78 is 0. The molecule has 1 aromatic carbocycles. The molecule has 1 fully saturated rings. The van der Waals surface area contributed by atoms with E-state index in [1.807, 2.05) is 23.1 Å². The van der Waals surface area contributed by atoms with E-state index in [1.54, 1.807) is 0 Å². The van der Waals surface area contributed by atoms with Gasteiger partial charge in [-0.05, 0) is 25.0 Å². The van der Waals surface area contributed by atoms with Gasteiger partial charge in [0.05, 0.1) is 11.4 Å². The van der Waals surface area contributed by atoms with Gasteiger partial charge in [0.15, 0.2) is 0 Å². The summed E-state index contributed by atoms with van der Waals surface area (Å²) in [4.78, 5) is 16.5. The molecule has 0 aromatic heterocycles. The van der Waals surface area contributed by atoms with E-state index in [9.17, 15) is 4.79 Å². The second-order valence-electron chi connectivity index (χ2n) is 5.49. The summed E-state index contributed by atoms with van der Waals surface area (Å²) in [6.45, 7) is 1.64. The van der Waals surface area contributed by atoms with Crippen LogP contribution in [0.25, 0.3) is 0 Å². The molecule has 2 amide bonds. The van der Waals surface area contributed by atoms with Crippen molar-refractivity contribution in [2.24, 2.45) is 0 Å². The number of hydrogen-bond acceptors (Lipinski definition) is 2. The van der Waals surface area contributed by atoms with E-state index >= 15 is 0 Å². The number of nitrogens with zero attached hydrogens (tertiary/aromatic N) is 2. The molecular formula is C15H21N3O. The first-order chi connectivity index (χ1) is 9.25. The smallest absolute Gasteiger partial charge is 0.322 e. The van der Waals surface area contributed by atoms with Gasteiger partial charge in [-0.25, -0.2) is 4.79 Å². The van der Waals surface area contributed by atoms with E-state index in [-0.39, 0.29) is 6.03 Å². The van der Waals surface area contributed by atoms with Gasteiger partial charge in [0.25, 0.3) is 0 Å². The van der Waals surface area contributed by atoms with E-state index in [4.69, 9.17) is 0 Å². The van der Waals surface area contributed by atoms with Gasteiger partial charge in [0.1, 0.15) is 0 Å². The number of benzene rings is 1. The predicted molar refractivity (Wildman–Crippen MR) is 77.8 cm³/mol. The highest BCUT2D eigenvalue weighted by molar-refractivity contribution is 5.96. The van der Waals surface area contributed by atoms with Crippen LogP contribution in [0.15, 0.2) is 24.3 Å². The lowest BCUT2D eigenvalue weighted by atomic mass is 10.2. The van der Waals surface area contributed by atoms with Crippen LogP contribution in [0, 0.1) is 0 Å². The Morgan fingerprint density at radius 3 is 2.58 bits per heavy atom. The molecule has 102 valence electrons. The largest absolute Gasteiger partial charge is 0.371 e. The Morgan fingerprint density at radius 2 is 1.84 bits per heavy atom. The first kappa shape index (κ1) is 12.3. The average Bonchev–Trinajstić information content (AvgIpc) is 2.92. The van der Waals surface area contributed by atoms with Crippen LogP contribution in [0.2, 0.25) is 0 Å². The van der Waals surface area contributed by atoms with Gasteiger partial charge in [-0.15, -0.1) is 0 Å². The number of carbonyl (C=O) groups is 1. The van der Waals surface area contributed by atoms with Crippen LogP contribution in [0.1, 0.15) is 25.7 Å². The molecule has 4 heteroatoms. The Bertz CT molecular complexity index is 468. The van der Waals surface area contributed by atoms with Crippen LogP contribution < -0.4 is 15.1 Å². The fourth-order valence-electron chi connectivity index (χ4n) is 3.04. The summed E-state index contributed by atoms with van der Waals surface area (Å²) in [5.41, 5.74) is 2.15. The lowest BCUT2D eigenvalue weighted by Crippen LogP contribution is -2.49. The Morgan fingerprint density at radius 1 is 1.16 bits per heavy atom. The molecule has 19 heavy (non-hydrogen) atoms. The van der Waals surface area contributed by atoms with Gasteiger partial charge in [0.2, 0.25) is 0 Å². The van der Waals surface area contributed by atoms with Crippen LogP contribution in [0.5, 0.6) is 0 Å².